The minimum atomic E-state index is -0.302. The molecule has 1 aliphatic heterocycles. The van der Waals surface area contributed by atoms with Crippen LogP contribution in [-0.4, -0.2) is 68.2 Å². The summed E-state index contributed by atoms with van der Waals surface area (Å²) in [5.41, 5.74) is 2.31. The van der Waals surface area contributed by atoms with Crippen LogP contribution in [0, 0.1) is 0 Å². The van der Waals surface area contributed by atoms with Crippen LogP contribution >= 0.6 is 0 Å². The van der Waals surface area contributed by atoms with Gasteiger partial charge in [0.25, 0.3) is 5.91 Å². The number of carbonyl (C=O) groups is 2. The van der Waals surface area contributed by atoms with E-state index in [0.29, 0.717) is 18.8 Å². The third-order valence-corrected chi connectivity index (χ3v) is 6.81. The first-order valence-electron chi connectivity index (χ1n) is 10.9. The first-order valence-corrected chi connectivity index (χ1v) is 10.9. The van der Waals surface area contributed by atoms with Crippen molar-refractivity contribution in [3.8, 4) is 0 Å². The molecule has 10 nitrogen and oxygen atoms in total. The number of aromatic nitrogens is 5. The molecule has 3 heterocycles. The van der Waals surface area contributed by atoms with Crippen molar-refractivity contribution in [1.82, 2.24) is 35.4 Å². The number of hydrogen-bond acceptors (Lipinski definition) is 7. The lowest BCUT2D eigenvalue weighted by molar-refractivity contribution is -0.134. The van der Waals surface area contributed by atoms with E-state index < -0.39 is 0 Å². The first kappa shape index (κ1) is 21.2. The van der Waals surface area contributed by atoms with Crippen LogP contribution in [0.15, 0.2) is 55.0 Å². The van der Waals surface area contributed by atoms with Crippen molar-refractivity contribution in [3.05, 3.63) is 71.8 Å². The van der Waals surface area contributed by atoms with E-state index in [1.54, 1.807) is 31.5 Å². The maximum absolute atomic E-state index is 12.9. The van der Waals surface area contributed by atoms with Crippen LogP contribution < -0.4 is 5.32 Å². The lowest BCUT2D eigenvalue weighted by atomic mass is 9.72. The van der Waals surface area contributed by atoms with Crippen LogP contribution in [0.4, 0.5) is 0 Å². The number of ether oxygens (including phenoxy) is 1. The maximum atomic E-state index is 12.9. The van der Waals surface area contributed by atoms with Gasteiger partial charge in [-0.15, -0.1) is 5.10 Å². The first-order chi connectivity index (χ1) is 16.1. The van der Waals surface area contributed by atoms with E-state index in [-0.39, 0.29) is 35.9 Å². The van der Waals surface area contributed by atoms with Crippen molar-refractivity contribution in [2.75, 3.05) is 20.2 Å². The Morgan fingerprint density at radius 2 is 1.94 bits per heavy atom. The molecule has 3 aromatic rings. The molecule has 1 N–H and O–H groups in total. The largest absolute Gasteiger partial charge is 0.378 e. The number of methoxy groups -OCH3 is 1. The van der Waals surface area contributed by atoms with Gasteiger partial charge in [0.1, 0.15) is 18.6 Å². The molecule has 33 heavy (non-hydrogen) atoms. The fourth-order valence-electron chi connectivity index (χ4n) is 5.28. The standard InChI is InChI=1S/C23H25N7O3/c1-33-21-20(26-22(32)18-8-4-5-11-24-18)16-6-2-3-7-17(16)23(21)9-12-29(13-10-23)19(31)14-30-15-25-27-28-30/h2-8,11,15,20-21H,9-10,12-14H2,1H3,(H,26,32)/t20-,21+/m0/s1. The van der Waals surface area contributed by atoms with Crippen molar-refractivity contribution in [1.29, 1.82) is 0 Å². The van der Waals surface area contributed by atoms with Gasteiger partial charge in [0.2, 0.25) is 5.91 Å². The summed E-state index contributed by atoms with van der Waals surface area (Å²) >= 11 is 0. The molecule has 1 saturated heterocycles. The zero-order valence-electron chi connectivity index (χ0n) is 18.3. The lowest BCUT2D eigenvalue weighted by Gasteiger charge is -2.44. The minimum Gasteiger partial charge on any atom is -0.378 e. The SMILES string of the molecule is CO[C@@H]1[C@@H](NC(=O)c2ccccn2)c2ccccc2C12CCN(C(=O)Cn1cnnn1)CC2. The van der Waals surface area contributed by atoms with E-state index in [2.05, 4.69) is 38.0 Å². The highest BCUT2D eigenvalue weighted by atomic mass is 16.5. The van der Waals surface area contributed by atoms with Crippen LogP contribution in [0.2, 0.25) is 0 Å². The second-order valence-electron chi connectivity index (χ2n) is 8.45. The molecule has 2 aromatic heterocycles. The Bertz CT molecular complexity index is 1130. The average molecular weight is 447 g/mol. The lowest BCUT2D eigenvalue weighted by Crippen LogP contribution is -2.52. The van der Waals surface area contributed by atoms with Gasteiger partial charge in [-0.3, -0.25) is 14.6 Å². The predicted molar refractivity (Wildman–Crippen MR) is 117 cm³/mol. The van der Waals surface area contributed by atoms with Crippen LogP contribution in [0.1, 0.15) is 40.5 Å². The summed E-state index contributed by atoms with van der Waals surface area (Å²) in [5, 5.41) is 14.1. The van der Waals surface area contributed by atoms with Crippen molar-refractivity contribution < 1.29 is 14.3 Å². The number of piperidine rings is 1. The van der Waals surface area contributed by atoms with Gasteiger partial charge in [0.05, 0.1) is 12.1 Å². The van der Waals surface area contributed by atoms with E-state index in [4.69, 9.17) is 4.74 Å². The summed E-state index contributed by atoms with van der Waals surface area (Å²) in [6, 6.07) is 13.1. The number of pyridine rings is 1. The van der Waals surface area contributed by atoms with Crippen LogP contribution in [0.3, 0.4) is 0 Å². The number of carbonyl (C=O) groups excluding carboxylic acids is 2. The summed E-state index contributed by atoms with van der Waals surface area (Å²) in [6.45, 7) is 1.30. The van der Waals surface area contributed by atoms with Crippen LogP contribution in [-0.2, 0) is 21.5 Å². The molecule has 2 atom stereocenters. The molecule has 2 aliphatic rings. The number of benzene rings is 1. The smallest absolute Gasteiger partial charge is 0.270 e. The molecule has 2 amide bonds. The van der Waals surface area contributed by atoms with E-state index >= 15 is 0 Å². The molecule has 0 unspecified atom stereocenters. The average Bonchev–Trinajstić information content (AvgIpc) is 3.45. The van der Waals surface area contributed by atoms with Gasteiger partial charge in [-0.05, 0) is 46.5 Å². The summed E-state index contributed by atoms with van der Waals surface area (Å²) in [4.78, 5) is 31.7. The maximum Gasteiger partial charge on any atom is 0.270 e. The molecular weight excluding hydrogens is 422 g/mol. The predicted octanol–water partition coefficient (Wildman–Crippen LogP) is 1.13. The van der Waals surface area contributed by atoms with Gasteiger partial charge < -0.3 is 15.0 Å². The highest BCUT2D eigenvalue weighted by Crippen LogP contribution is 2.52. The Morgan fingerprint density at radius 1 is 1.15 bits per heavy atom. The summed E-state index contributed by atoms with van der Waals surface area (Å²) in [6.07, 6.45) is 4.26. The molecule has 170 valence electrons. The molecule has 1 spiro atoms. The van der Waals surface area contributed by atoms with E-state index in [9.17, 15) is 9.59 Å². The Balaban J connectivity index is 1.38. The zero-order valence-corrected chi connectivity index (χ0v) is 18.3. The monoisotopic (exact) mass is 447 g/mol. The number of hydrogen-bond donors (Lipinski definition) is 1. The minimum absolute atomic E-state index is 0.0163. The second-order valence-corrected chi connectivity index (χ2v) is 8.45. The van der Waals surface area contributed by atoms with Gasteiger partial charge in [-0.25, -0.2) is 4.68 Å². The van der Waals surface area contributed by atoms with Gasteiger partial charge in [-0.1, -0.05) is 30.3 Å². The number of nitrogens with zero attached hydrogens (tertiary/aromatic N) is 6. The van der Waals surface area contributed by atoms with Crippen LogP contribution in [0.25, 0.3) is 0 Å². The third-order valence-electron chi connectivity index (χ3n) is 6.81. The third kappa shape index (κ3) is 3.76. The molecule has 1 aliphatic carbocycles. The van der Waals surface area contributed by atoms with E-state index in [1.807, 2.05) is 17.0 Å². The van der Waals surface area contributed by atoms with Gasteiger partial charge in [-0.2, -0.15) is 0 Å². The number of tetrazole rings is 1. The van der Waals surface area contributed by atoms with Gasteiger partial charge >= 0.3 is 0 Å². The number of likely N-dealkylation sites (tertiary alicyclic amines) is 1. The van der Waals surface area contributed by atoms with Crippen molar-refractivity contribution in [3.63, 3.8) is 0 Å². The highest BCUT2D eigenvalue weighted by molar-refractivity contribution is 5.92. The highest BCUT2D eigenvalue weighted by Gasteiger charge is 2.54. The summed E-state index contributed by atoms with van der Waals surface area (Å²) in [7, 11) is 1.69. The number of nitrogens with one attached hydrogen (secondary N) is 1. The fourth-order valence-corrected chi connectivity index (χ4v) is 5.28. The van der Waals surface area contributed by atoms with Gasteiger partial charge in [0, 0.05) is 31.8 Å². The van der Waals surface area contributed by atoms with Crippen molar-refractivity contribution >= 4 is 11.8 Å². The zero-order chi connectivity index (χ0) is 22.8. The number of amides is 2. The molecule has 0 radical (unpaired) electrons. The normalized spacial score (nSPS) is 21.1. The summed E-state index contributed by atoms with van der Waals surface area (Å²) < 4.78 is 7.48. The number of fused-ring (bicyclic) bond motifs is 2. The topological polar surface area (TPSA) is 115 Å². The van der Waals surface area contributed by atoms with E-state index in [0.717, 1.165) is 18.4 Å². The molecule has 0 bridgehead atoms. The number of rotatable bonds is 5. The second kappa shape index (κ2) is 8.70. The van der Waals surface area contributed by atoms with Crippen molar-refractivity contribution in [2.24, 2.45) is 0 Å². The summed E-state index contributed by atoms with van der Waals surface area (Å²) in [5.74, 6) is -0.249. The fraction of sp³-hybridized carbons (Fsp3) is 0.391. The molecule has 1 aromatic carbocycles. The Kier molecular flexibility index (Phi) is 5.59. The van der Waals surface area contributed by atoms with E-state index in [1.165, 1.54) is 16.6 Å². The molecule has 0 saturated carbocycles. The van der Waals surface area contributed by atoms with Crippen LogP contribution in [0.5, 0.6) is 0 Å². The Hall–Kier alpha value is -3.66. The van der Waals surface area contributed by atoms with Crippen molar-refractivity contribution in [2.45, 2.75) is 36.9 Å². The Labute approximate surface area is 190 Å². The molecule has 5 rings (SSSR count). The molecular formula is C23H25N7O3. The molecule has 10 heteroatoms. The van der Waals surface area contributed by atoms with Gasteiger partial charge in [0.15, 0.2) is 0 Å². The quantitative estimate of drug-likeness (QED) is 0.623. The molecule has 1 fully saturated rings. The Morgan fingerprint density at radius 3 is 2.64 bits per heavy atom.